The van der Waals surface area contributed by atoms with E-state index in [2.05, 4.69) is 10.3 Å². The third kappa shape index (κ3) is 4.50. The SMILES string of the molecule is O=C(CCc1ncc(-c2ccccc2F)o1)NCc1ccc(F)cc1. The van der Waals surface area contributed by atoms with Crippen molar-refractivity contribution in [3.8, 4) is 11.3 Å². The molecule has 128 valence electrons. The van der Waals surface area contributed by atoms with Crippen LogP contribution in [0, 0.1) is 11.6 Å². The Hall–Kier alpha value is -3.02. The molecule has 2 aromatic carbocycles. The molecule has 1 amide bonds. The molecule has 3 aromatic rings. The minimum Gasteiger partial charge on any atom is -0.441 e. The van der Waals surface area contributed by atoms with Crippen LogP contribution in [0.4, 0.5) is 8.78 Å². The fraction of sp³-hybridized carbons (Fsp3) is 0.158. The van der Waals surface area contributed by atoms with E-state index in [1.165, 1.54) is 24.4 Å². The lowest BCUT2D eigenvalue weighted by atomic mass is 10.2. The van der Waals surface area contributed by atoms with Gasteiger partial charge in [-0.2, -0.15) is 0 Å². The van der Waals surface area contributed by atoms with Crippen LogP contribution in [0.25, 0.3) is 11.3 Å². The van der Waals surface area contributed by atoms with Crippen molar-refractivity contribution in [1.29, 1.82) is 0 Å². The predicted octanol–water partition coefficient (Wildman–Crippen LogP) is 3.87. The van der Waals surface area contributed by atoms with Gasteiger partial charge in [-0.3, -0.25) is 4.79 Å². The van der Waals surface area contributed by atoms with Gasteiger partial charge in [-0.15, -0.1) is 0 Å². The number of oxazole rings is 1. The summed E-state index contributed by atoms with van der Waals surface area (Å²) in [5.74, 6) is -0.170. The van der Waals surface area contributed by atoms with Crippen LogP contribution in [0.5, 0.6) is 0 Å². The number of carbonyl (C=O) groups excluding carboxylic acids is 1. The molecule has 1 aromatic heterocycles. The van der Waals surface area contributed by atoms with Gasteiger partial charge in [-0.25, -0.2) is 13.8 Å². The van der Waals surface area contributed by atoms with Crippen LogP contribution in [-0.4, -0.2) is 10.9 Å². The summed E-state index contributed by atoms with van der Waals surface area (Å²) in [6, 6.07) is 12.2. The Bertz CT molecular complexity index is 860. The van der Waals surface area contributed by atoms with Crippen molar-refractivity contribution >= 4 is 5.91 Å². The lowest BCUT2D eigenvalue weighted by Gasteiger charge is -2.04. The number of aromatic nitrogens is 1. The molecule has 0 spiro atoms. The average molecular weight is 342 g/mol. The van der Waals surface area contributed by atoms with E-state index in [1.54, 1.807) is 30.3 Å². The molecule has 0 radical (unpaired) electrons. The summed E-state index contributed by atoms with van der Waals surface area (Å²) in [6.07, 6.45) is 1.95. The minimum atomic E-state index is -0.387. The maximum absolute atomic E-state index is 13.7. The summed E-state index contributed by atoms with van der Waals surface area (Å²) in [4.78, 5) is 16.0. The van der Waals surface area contributed by atoms with Crippen molar-refractivity contribution in [2.45, 2.75) is 19.4 Å². The summed E-state index contributed by atoms with van der Waals surface area (Å²) in [6.45, 7) is 0.325. The van der Waals surface area contributed by atoms with Crippen molar-refractivity contribution in [2.75, 3.05) is 0 Å². The smallest absolute Gasteiger partial charge is 0.220 e. The molecule has 25 heavy (non-hydrogen) atoms. The van der Waals surface area contributed by atoms with Gasteiger partial charge in [-0.1, -0.05) is 24.3 Å². The molecule has 0 saturated heterocycles. The molecule has 0 aliphatic heterocycles. The lowest BCUT2D eigenvalue weighted by Crippen LogP contribution is -2.23. The van der Waals surface area contributed by atoms with Gasteiger partial charge in [0.15, 0.2) is 11.7 Å². The van der Waals surface area contributed by atoms with Crippen LogP contribution in [-0.2, 0) is 17.8 Å². The van der Waals surface area contributed by atoms with Gasteiger partial charge >= 0.3 is 0 Å². The van der Waals surface area contributed by atoms with Gasteiger partial charge in [0.25, 0.3) is 0 Å². The second-order valence-corrected chi connectivity index (χ2v) is 5.50. The van der Waals surface area contributed by atoms with Gasteiger partial charge in [0.05, 0.1) is 11.8 Å². The largest absolute Gasteiger partial charge is 0.441 e. The number of halogens is 2. The van der Waals surface area contributed by atoms with Crippen LogP contribution >= 0.6 is 0 Å². The van der Waals surface area contributed by atoms with Crippen LogP contribution in [0.15, 0.2) is 59.1 Å². The predicted molar refractivity (Wildman–Crippen MR) is 88.5 cm³/mol. The Balaban J connectivity index is 1.51. The molecule has 0 saturated carbocycles. The minimum absolute atomic E-state index is 0.171. The molecule has 0 atom stereocenters. The molecule has 3 rings (SSSR count). The molecule has 0 aliphatic carbocycles. The number of amides is 1. The molecule has 0 fully saturated rings. The zero-order valence-electron chi connectivity index (χ0n) is 13.3. The third-order valence-electron chi connectivity index (χ3n) is 3.66. The standard InChI is InChI=1S/C19H16F2N2O2/c20-14-7-5-13(6-8-14)11-22-18(24)9-10-19-23-12-17(25-19)15-3-1-2-4-16(15)21/h1-8,12H,9-11H2,(H,22,24). The number of nitrogens with zero attached hydrogens (tertiary/aromatic N) is 1. The van der Waals surface area contributed by atoms with Gasteiger partial charge in [0, 0.05) is 19.4 Å². The first-order valence-corrected chi connectivity index (χ1v) is 7.82. The first-order valence-electron chi connectivity index (χ1n) is 7.82. The molecule has 4 nitrogen and oxygen atoms in total. The van der Waals surface area contributed by atoms with Crippen LogP contribution in [0.2, 0.25) is 0 Å². The van der Waals surface area contributed by atoms with Crippen molar-refractivity contribution in [1.82, 2.24) is 10.3 Å². The summed E-state index contributed by atoms with van der Waals surface area (Å²) in [7, 11) is 0. The maximum atomic E-state index is 13.7. The lowest BCUT2D eigenvalue weighted by molar-refractivity contribution is -0.121. The highest BCUT2D eigenvalue weighted by molar-refractivity contribution is 5.76. The third-order valence-corrected chi connectivity index (χ3v) is 3.66. The Morgan fingerprint density at radius 2 is 1.84 bits per heavy atom. The zero-order valence-corrected chi connectivity index (χ0v) is 13.3. The molecule has 0 unspecified atom stereocenters. The molecule has 0 bridgehead atoms. The van der Waals surface area contributed by atoms with Gasteiger partial charge < -0.3 is 9.73 Å². The quantitative estimate of drug-likeness (QED) is 0.740. The summed E-state index contributed by atoms with van der Waals surface area (Å²) >= 11 is 0. The molecular weight excluding hydrogens is 326 g/mol. The fourth-order valence-electron chi connectivity index (χ4n) is 2.32. The summed E-state index contributed by atoms with van der Waals surface area (Å²) in [5.41, 5.74) is 1.15. The number of aryl methyl sites for hydroxylation is 1. The van der Waals surface area contributed by atoms with Crippen molar-refractivity contribution in [3.05, 3.63) is 77.8 Å². The second kappa shape index (κ2) is 7.70. The molecule has 1 N–H and O–H groups in total. The van der Waals surface area contributed by atoms with E-state index in [9.17, 15) is 13.6 Å². The highest BCUT2D eigenvalue weighted by atomic mass is 19.1. The Morgan fingerprint density at radius 3 is 2.60 bits per heavy atom. The van der Waals surface area contributed by atoms with E-state index < -0.39 is 0 Å². The summed E-state index contributed by atoms with van der Waals surface area (Å²) < 4.78 is 32.0. The van der Waals surface area contributed by atoms with E-state index >= 15 is 0 Å². The first-order chi connectivity index (χ1) is 12.1. The number of hydrogen-bond donors (Lipinski definition) is 1. The van der Waals surface area contributed by atoms with E-state index in [1.807, 2.05) is 0 Å². The van der Waals surface area contributed by atoms with Crippen molar-refractivity contribution in [2.24, 2.45) is 0 Å². The first kappa shape index (κ1) is 16.8. The highest BCUT2D eigenvalue weighted by Crippen LogP contribution is 2.23. The summed E-state index contributed by atoms with van der Waals surface area (Å²) in [5, 5.41) is 2.75. The van der Waals surface area contributed by atoms with Crippen molar-refractivity contribution in [3.63, 3.8) is 0 Å². The maximum Gasteiger partial charge on any atom is 0.220 e. The molecule has 6 heteroatoms. The van der Waals surface area contributed by atoms with Crippen LogP contribution < -0.4 is 5.32 Å². The average Bonchev–Trinajstić information content (AvgIpc) is 3.08. The van der Waals surface area contributed by atoms with Gasteiger partial charge in [-0.05, 0) is 29.8 Å². The Morgan fingerprint density at radius 1 is 1.08 bits per heavy atom. The van der Waals surface area contributed by atoms with Crippen LogP contribution in [0.1, 0.15) is 17.9 Å². The normalized spacial score (nSPS) is 10.6. The van der Waals surface area contributed by atoms with Gasteiger partial charge in [0.1, 0.15) is 11.6 Å². The van der Waals surface area contributed by atoms with Gasteiger partial charge in [0.2, 0.25) is 5.91 Å². The molecular formula is C19H16F2N2O2. The number of benzene rings is 2. The molecule has 1 heterocycles. The zero-order chi connectivity index (χ0) is 17.6. The topological polar surface area (TPSA) is 55.1 Å². The van der Waals surface area contributed by atoms with Crippen LogP contribution in [0.3, 0.4) is 0 Å². The van der Waals surface area contributed by atoms with Crippen molar-refractivity contribution < 1.29 is 18.0 Å². The highest BCUT2D eigenvalue weighted by Gasteiger charge is 2.11. The monoisotopic (exact) mass is 342 g/mol. The van der Waals surface area contributed by atoms with E-state index in [4.69, 9.17) is 4.42 Å². The second-order valence-electron chi connectivity index (χ2n) is 5.50. The van der Waals surface area contributed by atoms with E-state index in [0.717, 1.165) is 5.56 Å². The Kier molecular flexibility index (Phi) is 5.18. The number of hydrogen-bond acceptors (Lipinski definition) is 3. The number of nitrogens with one attached hydrogen (secondary N) is 1. The number of carbonyl (C=O) groups is 1. The van der Waals surface area contributed by atoms with E-state index in [-0.39, 0.29) is 24.0 Å². The fourth-order valence-corrected chi connectivity index (χ4v) is 2.32. The molecule has 0 aliphatic rings. The Labute approximate surface area is 143 Å². The van der Waals surface area contributed by atoms with E-state index in [0.29, 0.717) is 30.2 Å². The number of rotatable bonds is 6.